The van der Waals surface area contributed by atoms with E-state index in [1.54, 1.807) is 6.20 Å². The van der Waals surface area contributed by atoms with E-state index in [1.165, 1.54) is 31.2 Å². The first kappa shape index (κ1) is 13.2. The van der Waals surface area contributed by atoms with E-state index in [-0.39, 0.29) is 6.04 Å². The van der Waals surface area contributed by atoms with Crippen LogP contribution >= 0.6 is 0 Å². The minimum atomic E-state index is 0.214. The van der Waals surface area contributed by atoms with Crippen LogP contribution in [0.25, 0.3) is 0 Å². The smallest absolute Gasteiger partial charge is 0.203 e. The van der Waals surface area contributed by atoms with Crippen molar-refractivity contribution in [3.05, 3.63) is 42.0 Å². The van der Waals surface area contributed by atoms with Crippen LogP contribution in [-0.4, -0.2) is 14.5 Å². The van der Waals surface area contributed by atoms with Gasteiger partial charge in [-0.3, -0.25) is 4.98 Å². The molecule has 1 fully saturated rings. The van der Waals surface area contributed by atoms with Gasteiger partial charge in [-0.15, -0.1) is 0 Å². The van der Waals surface area contributed by atoms with Crippen LogP contribution in [0.5, 0.6) is 0 Å². The Morgan fingerprint density at radius 2 is 2.15 bits per heavy atom. The van der Waals surface area contributed by atoms with Crippen molar-refractivity contribution < 1.29 is 0 Å². The molecule has 1 N–H and O–H groups in total. The van der Waals surface area contributed by atoms with Gasteiger partial charge < -0.3 is 9.88 Å². The van der Waals surface area contributed by atoms with Gasteiger partial charge in [-0.2, -0.15) is 0 Å². The molecule has 2 aromatic rings. The van der Waals surface area contributed by atoms with Gasteiger partial charge in [-0.1, -0.05) is 18.9 Å². The summed E-state index contributed by atoms with van der Waals surface area (Å²) in [7, 11) is 0. The van der Waals surface area contributed by atoms with Gasteiger partial charge in [0, 0.05) is 24.6 Å². The second-order valence-electron chi connectivity index (χ2n) is 5.70. The SMILES string of the molecule is Cc1cn(C2CCCC2)c(NC(C)c2cccnc2)n1. The zero-order valence-corrected chi connectivity index (χ0v) is 12.2. The van der Waals surface area contributed by atoms with Crippen LogP contribution in [0.2, 0.25) is 0 Å². The Kier molecular flexibility index (Phi) is 3.72. The number of rotatable bonds is 4. The number of hydrogen-bond acceptors (Lipinski definition) is 3. The largest absolute Gasteiger partial charge is 0.349 e. The third kappa shape index (κ3) is 2.69. The normalized spacial score (nSPS) is 17.3. The first-order valence-electron chi connectivity index (χ1n) is 7.46. The highest BCUT2D eigenvalue weighted by Crippen LogP contribution is 2.32. The molecule has 1 aliphatic carbocycles. The molecule has 1 saturated carbocycles. The highest BCUT2D eigenvalue weighted by molar-refractivity contribution is 5.34. The van der Waals surface area contributed by atoms with E-state index in [0.29, 0.717) is 6.04 Å². The van der Waals surface area contributed by atoms with Crippen molar-refractivity contribution in [2.24, 2.45) is 0 Å². The molecule has 3 rings (SSSR count). The summed E-state index contributed by atoms with van der Waals surface area (Å²) in [6, 6.07) is 4.90. The maximum Gasteiger partial charge on any atom is 0.203 e. The zero-order valence-electron chi connectivity index (χ0n) is 12.2. The average Bonchev–Trinajstić information content (AvgIpc) is 3.09. The van der Waals surface area contributed by atoms with Crippen molar-refractivity contribution in [3.63, 3.8) is 0 Å². The first-order chi connectivity index (χ1) is 9.74. The molecule has 0 bridgehead atoms. The Bertz CT molecular complexity index is 555. The highest BCUT2D eigenvalue weighted by atomic mass is 15.2. The summed E-state index contributed by atoms with van der Waals surface area (Å²) in [5.74, 6) is 0.991. The van der Waals surface area contributed by atoms with E-state index < -0.39 is 0 Å². The maximum atomic E-state index is 4.65. The van der Waals surface area contributed by atoms with Crippen LogP contribution in [0.4, 0.5) is 5.95 Å². The summed E-state index contributed by atoms with van der Waals surface area (Å²) in [5, 5.41) is 3.54. The predicted molar refractivity (Wildman–Crippen MR) is 80.7 cm³/mol. The van der Waals surface area contributed by atoms with Crippen LogP contribution < -0.4 is 5.32 Å². The van der Waals surface area contributed by atoms with E-state index in [9.17, 15) is 0 Å². The van der Waals surface area contributed by atoms with Crippen molar-refractivity contribution in [1.82, 2.24) is 14.5 Å². The predicted octanol–water partition coefficient (Wildman–Crippen LogP) is 3.87. The van der Waals surface area contributed by atoms with Gasteiger partial charge in [0.15, 0.2) is 0 Å². The topological polar surface area (TPSA) is 42.7 Å². The Hall–Kier alpha value is -1.84. The maximum absolute atomic E-state index is 4.65. The minimum Gasteiger partial charge on any atom is -0.349 e. The van der Waals surface area contributed by atoms with Crippen LogP contribution in [0.3, 0.4) is 0 Å². The number of pyridine rings is 1. The van der Waals surface area contributed by atoms with Gasteiger partial charge in [-0.05, 0) is 38.3 Å². The Morgan fingerprint density at radius 3 is 2.85 bits per heavy atom. The number of nitrogens with one attached hydrogen (secondary N) is 1. The number of hydrogen-bond donors (Lipinski definition) is 1. The molecule has 0 aliphatic heterocycles. The molecule has 20 heavy (non-hydrogen) atoms. The summed E-state index contributed by atoms with van der Waals surface area (Å²) in [6.07, 6.45) is 11.1. The summed E-state index contributed by atoms with van der Waals surface area (Å²) < 4.78 is 2.33. The van der Waals surface area contributed by atoms with E-state index >= 15 is 0 Å². The molecule has 106 valence electrons. The molecule has 0 aromatic carbocycles. The fourth-order valence-electron chi connectivity index (χ4n) is 2.99. The monoisotopic (exact) mass is 270 g/mol. The van der Waals surface area contributed by atoms with Crippen LogP contribution in [0, 0.1) is 6.92 Å². The summed E-state index contributed by atoms with van der Waals surface area (Å²) in [6.45, 7) is 4.21. The van der Waals surface area contributed by atoms with E-state index in [2.05, 4.69) is 46.0 Å². The molecule has 1 aliphatic rings. The lowest BCUT2D eigenvalue weighted by Crippen LogP contribution is -2.14. The lowest BCUT2D eigenvalue weighted by Gasteiger charge is -2.19. The lowest BCUT2D eigenvalue weighted by atomic mass is 10.1. The molecule has 0 spiro atoms. The van der Waals surface area contributed by atoms with Gasteiger partial charge in [0.1, 0.15) is 0 Å². The molecule has 4 nitrogen and oxygen atoms in total. The molecule has 0 amide bonds. The van der Waals surface area contributed by atoms with Gasteiger partial charge in [0.2, 0.25) is 5.95 Å². The van der Waals surface area contributed by atoms with Crippen molar-refractivity contribution in [1.29, 1.82) is 0 Å². The first-order valence-corrected chi connectivity index (χ1v) is 7.46. The molecule has 2 aromatic heterocycles. The Labute approximate surface area is 120 Å². The van der Waals surface area contributed by atoms with E-state index in [1.807, 2.05) is 12.3 Å². The molecule has 0 saturated heterocycles. The third-order valence-electron chi connectivity index (χ3n) is 4.10. The molecule has 0 radical (unpaired) electrons. The molecule has 4 heteroatoms. The molecular weight excluding hydrogens is 248 g/mol. The van der Waals surface area contributed by atoms with Crippen molar-refractivity contribution >= 4 is 5.95 Å². The van der Waals surface area contributed by atoms with Gasteiger partial charge in [0.25, 0.3) is 0 Å². The van der Waals surface area contributed by atoms with Crippen molar-refractivity contribution in [2.75, 3.05) is 5.32 Å². The fourth-order valence-corrected chi connectivity index (χ4v) is 2.99. The molecule has 2 heterocycles. The highest BCUT2D eigenvalue weighted by Gasteiger charge is 2.21. The van der Waals surface area contributed by atoms with Gasteiger partial charge in [0.05, 0.1) is 11.7 Å². The summed E-state index contributed by atoms with van der Waals surface area (Å²) >= 11 is 0. The van der Waals surface area contributed by atoms with Gasteiger partial charge in [-0.25, -0.2) is 4.98 Å². The second kappa shape index (κ2) is 5.65. The van der Waals surface area contributed by atoms with Crippen molar-refractivity contribution in [2.45, 2.75) is 51.6 Å². The number of nitrogens with zero attached hydrogens (tertiary/aromatic N) is 3. The van der Waals surface area contributed by atoms with E-state index in [4.69, 9.17) is 0 Å². The van der Waals surface area contributed by atoms with Crippen LogP contribution in [0.1, 0.15) is 55.9 Å². The van der Waals surface area contributed by atoms with Crippen LogP contribution in [-0.2, 0) is 0 Å². The zero-order chi connectivity index (χ0) is 13.9. The third-order valence-corrected chi connectivity index (χ3v) is 4.10. The number of imidazole rings is 1. The number of anilines is 1. The lowest BCUT2D eigenvalue weighted by molar-refractivity contribution is 0.520. The summed E-state index contributed by atoms with van der Waals surface area (Å²) in [5.41, 5.74) is 2.27. The standard InChI is InChI=1S/C16H22N4/c1-12-11-20(15-7-3-4-8-15)16(18-12)19-13(2)14-6-5-9-17-10-14/h5-6,9-11,13,15H,3-4,7-8H2,1-2H3,(H,18,19). The number of aryl methyl sites for hydroxylation is 1. The average molecular weight is 270 g/mol. The van der Waals surface area contributed by atoms with Crippen LogP contribution in [0.15, 0.2) is 30.7 Å². The van der Waals surface area contributed by atoms with Gasteiger partial charge >= 0.3 is 0 Å². The molecule has 1 unspecified atom stereocenters. The molecule has 1 atom stereocenters. The Balaban J connectivity index is 1.80. The van der Waals surface area contributed by atoms with E-state index in [0.717, 1.165) is 11.6 Å². The summed E-state index contributed by atoms with van der Waals surface area (Å²) in [4.78, 5) is 8.84. The minimum absolute atomic E-state index is 0.214. The fraction of sp³-hybridized carbons (Fsp3) is 0.500. The van der Waals surface area contributed by atoms with Crippen molar-refractivity contribution in [3.8, 4) is 0 Å². The quantitative estimate of drug-likeness (QED) is 0.917. The second-order valence-corrected chi connectivity index (χ2v) is 5.70. The Morgan fingerprint density at radius 1 is 1.35 bits per heavy atom. The molecular formula is C16H22N4. The number of aromatic nitrogens is 3.